The van der Waals surface area contributed by atoms with Gasteiger partial charge in [0.15, 0.2) is 0 Å². The molecule has 0 bridgehead atoms. The molecule has 1 saturated heterocycles. The van der Waals surface area contributed by atoms with Crippen LogP contribution in [0, 0.1) is 0 Å². The van der Waals surface area contributed by atoms with Crippen molar-refractivity contribution in [1.82, 2.24) is 5.32 Å². The lowest BCUT2D eigenvalue weighted by Gasteiger charge is -2.25. The quantitative estimate of drug-likeness (QED) is 0.675. The molecule has 154 valence electrons. The number of carbonyl (C=O) groups excluding carboxylic acids is 1. The van der Waals surface area contributed by atoms with Crippen molar-refractivity contribution in [3.8, 4) is 0 Å². The fourth-order valence-electron chi connectivity index (χ4n) is 3.15. The molecule has 1 N–H and O–H groups in total. The van der Waals surface area contributed by atoms with Gasteiger partial charge in [-0.15, -0.1) is 6.58 Å². The lowest BCUT2D eigenvalue weighted by Crippen LogP contribution is -2.40. The van der Waals surface area contributed by atoms with E-state index in [9.17, 15) is 13.2 Å². The normalized spacial score (nSPS) is 16.8. The molecule has 0 aliphatic carbocycles. The van der Waals surface area contributed by atoms with Gasteiger partial charge in [-0.25, -0.2) is 8.42 Å². The van der Waals surface area contributed by atoms with E-state index in [4.69, 9.17) is 16.3 Å². The fourth-order valence-corrected chi connectivity index (χ4v) is 4.93. The maximum Gasteiger partial charge on any atom is 0.264 e. The van der Waals surface area contributed by atoms with E-state index in [1.54, 1.807) is 36.4 Å². The molecule has 2 aromatic carbocycles. The average Bonchev–Trinajstić information content (AvgIpc) is 2.73. The van der Waals surface area contributed by atoms with Crippen molar-refractivity contribution in [2.45, 2.75) is 23.8 Å². The van der Waals surface area contributed by atoms with E-state index in [2.05, 4.69) is 11.9 Å². The van der Waals surface area contributed by atoms with Gasteiger partial charge in [-0.1, -0.05) is 35.9 Å². The highest BCUT2D eigenvalue weighted by Crippen LogP contribution is 2.30. The number of hydrogen-bond acceptors (Lipinski definition) is 4. The summed E-state index contributed by atoms with van der Waals surface area (Å²) in [5.74, 6) is -0.328. The number of benzene rings is 2. The second-order valence-electron chi connectivity index (χ2n) is 6.69. The van der Waals surface area contributed by atoms with Crippen LogP contribution in [0.25, 0.3) is 0 Å². The van der Waals surface area contributed by atoms with Crippen molar-refractivity contribution in [2.75, 3.05) is 24.1 Å². The summed E-state index contributed by atoms with van der Waals surface area (Å²) < 4.78 is 33.2. The van der Waals surface area contributed by atoms with Crippen LogP contribution in [0.15, 0.2) is 66.1 Å². The number of nitrogens with one attached hydrogen (secondary N) is 1. The molecule has 1 aliphatic rings. The lowest BCUT2D eigenvalue weighted by atomic mass is 10.1. The number of rotatable bonds is 7. The lowest BCUT2D eigenvalue weighted by molar-refractivity contribution is 0.0624. The number of carbonyl (C=O) groups is 1. The molecule has 3 rings (SSSR count). The minimum atomic E-state index is -3.95. The van der Waals surface area contributed by atoms with Crippen LogP contribution < -0.4 is 9.62 Å². The summed E-state index contributed by atoms with van der Waals surface area (Å²) in [5, 5.41) is 3.21. The van der Waals surface area contributed by atoms with Gasteiger partial charge in [-0.05, 0) is 43.2 Å². The molecule has 29 heavy (non-hydrogen) atoms. The number of ether oxygens (including phenoxy) is 1. The molecule has 1 atom stereocenters. The zero-order valence-electron chi connectivity index (χ0n) is 15.9. The van der Waals surface area contributed by atoms with Crippen LogP contribution in [0.4, 0.5) is 5.69 Å². The first kappa shape index (κ1) is 21.4. The Labute approximate surface area is 176 Å². The van der Waals surface area contributed by atoms with Gasteiger partial charge >= 0.3 is 0 Å². The van der Waals surface area contributed by atoms with E-state index < -0.39 is 10.0 Å². The number of halogens is 1. The smallest absolute Gasteiger partial charge is 0.264 e. The van der Waals surface area contributed by atoms with Gasteiger partial charge in [0.25, 0.3) is 15.9 Å². The first-order chi connectivity index (χ1) is 13.9. The van der Waals surface area contributed by atoms with Gasteiger partial charge in [-0.3, -0.25) is 9.10 Å². The van der Waals surface area contributed by atoms with E-state index >= 15 is 0 Å². The highest BCUT2D eigenvalue weighted by Gasteiger charge is 2.26. The number of sulfonamides is 1. The van der Waals surface area contributed by atoms with Gasteiger partial charge in [0.05, 0.1) is 34.8 Å². The van der Waals surface area contributed by atoms with Crippen LogP contribution in [0.1, 0.15) is 23.2 Å². The second-order valence-corrected chi connectivity index (χ2v) is 8.96. The molecule has 0 aromatic heterocycles. The van der Waals surface area contributed by atoms with Crippen molar-refractivity contribution in [3.63, 3.8) is 0 Å². The summed E-state index contributed by atoms with van der Waals surface area (Å²) in [6.45, 7) is 4.85. The number of anilines is 1. The molecule has 1 fully saturated rings. The standard InChI is InChI=1S/C21H23ClN2O4S/c1-2-12-24(20-11-4-3-10-19(20)22)29(26,27)18-9-5-7-16(14-18)21(25)23-17-8-6-13-28-15-17/h2-5,7,9-11,14,17H,1,6,8,12-13,15H2,(H,23,25). The molecule has 1 amide bonds. The van der Waals surface area contributed by atoms with Crippen molar-refractivity contribution in [2.24, 2.45) is 0 Å². The van der Waals surface area contributed by atoms with E-state index in [1.807, 2.05) is 0 Å². The molecule has 1 unspecified atom stereocenters. The number of amides is 1. The minimum absolute atomic E-state index is 0.00631. The van der Waals surface area contributed by atoms with Gasteiger partial charge in [0.1, 0.15) is 0 Å². The average molecular weight is 435 g/mol. The van der Waals surface area contributed by atoms with Crippen molar-refractivity contribution >= 4 is 33.2 Å². The predicted octanol–water partition coefficient (Wildman–Crippen LogP) is 3.63. The Balaban J connectivity index is 1.89. The minimum Gasteiger partial charge on any atom is -0.379 e. The highest BCUT2D eigenvalue weighted by atomic mass is 35.5. The highest BCUT2D eigenvalue weighted by molar-refractivity contribution is 7.92. The number of hydrogen-bond donors (Lipinski definition) is 1. The van der Waals surface area contributed by atoms with Gasteiger partial charge in [0, 0.05) is 12.2 Å². The Morgan fingerprint density at radius 1 is 1.28 bits per heavy atom. The molecular weight excluding hydrogens is 412 g/mol. The summed E-state index contributed by atoms with van der Waals surface area (Å²) in [4.78, 5) is 12.6. The molecule has 0 spiro atoms. The summed E-state index contributed by atoms with van der Waals surface area (Å²) >= 11 is 6.22. The topological polar surface area (TPSA) is 75.7 Å². The summed E-state index contributed by atoms with van der Waals surface area (Å²) in [6.07, 6.45) is 3.21. The van der Waals surface area contributed by atoms with E-state index in [1.165, 1.54) is 22.5 Å². The number of para-hydroxylation sites is 1. The number of nitrogens with zero attached hydrogens (tertiary/aromatic N) is 1. The van der Waals surface area contributed by atoms with Crippen molar-refractivity contribution in [1.29, 1.82) is 0 Å². The first-order valence-electron chi connectivity index (χ1n) is 9.30. The Kier molecular flexibility index (Phi) is 6.95. The maximum absolute atomic E-state index is 13.3. The third-order valence-corrected chi connectivity index (χ3v) is 6.69. The van der Waals surface area contributed by atoms with E-state index in [-0.39, 0.29) is 29.0 Å². The Bertz CT molecular complexity index is 988. The monoisotopic (exact) mass is 434 g/mol. The zero-order chi connectivity index (χ0) is 20.9. The van der Waals surface area contributed by atoms with Gasteiger partial charge in [0.2, 0.25) is 0 Å². The van der Waals surface area contributed by atoms with Crippen LogP contribution >= 0.6 is 11.6 Å². The van der Waals surface area contributed by atoms with Gasteiger partial charge < -0.3 is 10.1 Å². The molecule has 1 heterocycles. The Morgan fingerprint density at radius 3 is 2.76 bits per heavy atom. The molecular formula is C21H23ClN2O4S. The van der Waals surface area contributed by atoms with E-state index in [0.29, 0.717) is 23.9 Å². The fraction of sp³-hybridized carbons (Fsp3) is 0.286. The summed E-state index contributed by atoms with van der Waals surface area (Å²) in [7, 11) is -3.95. The molecule has 8 heteroatoms. The summed E-state index contributed by atoms with van der Waals surface area (Å²) in [5.41, 5.74) is 0.623. The largest absolute Gasteiger partial charge is 0.379 e. The van der Waals surface area contributed by atoms with Crippen molar-refractivity contribution < 1.29 is 17.9 Å². The van der Waals surface area contributed by atoms with E-state index in [0.717, 1.165) is 12.8 Å². The van der Waals surface area contributed by atoms with Crippen molar-refractivity contribution in [3.05, 3.63) is 71.8 Å². The van der Waals surface area contributed by atoms with Crippen LogP contribution in [0.3, 0.4) is 0 Å². The SMILES string of the molecule is C=CCN(c1ccccc1Cl)S(=O)(=O)c1cccc(C(=O)NC2CCCOC2)c1. The predicted molar refractivity (Wildman–Crippen MR) is 114 cm³/mol. The van der Waals surface area contributed by atoms with Crippen LogP contribution in [-0.2, 0) is 14.8 Å². The van der Waals surface area contributed by atoms with Crippen LogP contribution in [0.2, 0.25) is 5.02 Å². The Hall–Kier alpha value is -2.35. The molecule has 0 radical (unpaired) electrons. The Morgan fingerprint density at radius 2 is 2.07 bits per heavy atom. The van der Waals surface area contributed by atoms with Crippen LogP contribution in [0.5, 0.6) is 0 Å². The second kappa shape index (κ2) is 9.43. The molecule has 1 aliphatic heterocycles. The summed E-state index contributed by atoms with van der Waals surface area (Å²) in [6, 6.07) is 12.6. The first-order valence-corrected chi connectivity index (χ1v) is 11.1. The van der Waals surface area contributed by atoms with Crippen LogP contribution in [-0.4, -0.2) is 40.1 Å². The molecule has 6 nitrogen and oxygen atoms in total. The third kappa shape index (κ3) is 4.98. The maximum atomic E-state index is 13.3. The third-order valence-electron chi connectivity index (χ3n) is 4.60. The molecule has 0 saturated carbocycles. The molecule has 2 aromatic rings. The van der Waals surface area contributed by atoms with Gasteiger partial charge in [-0.2, -0.15) is 0 Å². The zero-order valence-corrected chi connectivity index (χ0v) is 17.5.